The van der Waals surface area contributed by atoms with Gasteiger partial charge in [-0.1, -0.05) is 22.6 Å². The quantitative estimate of drug-likeness (QED) is 0.570. The Bertz CT molecular complexity index is 362. The molecule has 1 N–H and O–H groups in total. The second-order valence-electron chi connectivity index (χ2n) is 5.90. The van der Waals surface area contributed by atoms with E-state index in [1.807, 2.05) is 13.8 Å². The molecule has 1 amide bonds. The van der Waals surface area contributed by atoms with Crippen molar-refractivity contribution in [2.75, 3.05) is 0 Å². The van der Waals surface area contributed by atoms with Gasteiger partial charge in [0.25, 0.3) is 0 Å². The second kappa shape index (κ2) is 4.86. The maximum atomic E-state index is 12.1. The van der Waals surface area contributed by atoms with Crippen molar-refractivity contribution < 1.29 is 19.4 Å². The van der Waals surface area contributed by atoms with E-state index in [9.17, 15) is 14.7 Å². The first kappa shape index (κ1) is 15.5. The van der Waals surface area contributed by atoms with Gasteiger partial charge >= 0.3 is 12.1 Å². The molecule has 0 saturated carbocycles. The average Bonchev–Trinajstić information content (AvgIpc) is 2.35. The van der Waals surface area contributed by atoms with Crippen molar-refractivity contribution in [1.82, 2.24) is 4.90 Å². The molecule has 0 unspecified atom stereocenters. The van der Waals surface area contributed by atoms with Crippen molar-refractivity contribution in [3.8, 4) is 0 Å². The summed E-state index contributed by atoms with van der Waals surface area (Å²) in [6.45, 7) is 9.12. The highest BCUT2D eigenvalue weighted by atomic mass is 127. The molecule has 1 heterocycles. The molecule has 6 heteroatoms. The zero-order chi connectivity index (χ0) is 14.3. The molecule has 104 valence electrons. The standard InChI is InChI=1S/C12H20INO4/c1-7-12(5,13)6-8(9(15)16)14(7)10(17)18-11(2,3)4/h7-8H,6H2,1-5H3,(H,15,16)/t7-,8-,12-/m0/s1. The fraction of sp³-hybridized carbons (Fsp3) is 0.833. The van der Waals surface area contributed by atoms with Crippen LogP contribution in [0.3, 0.4) is 0 Å². The van der Waals surface area contributed by atoms with Gasteiger partial charge in [-0.25, -0.2) is 9.59 Å². The van der Waals surface area contributed by atoms with Gasteiger partial charge in [-0.05, 0) is 41.0 Å². The summed E-state index contributed by atoms with van der Waals surface area (Å²) < 4.78 is 5.03. The van der Waals surface area contributed by atoms with Gasteiger partial charge < -0.3 is 9.84 Å². The molecule has 5 nitrogen and oxygen atoms in total. The van der Waals surface area contributed by atoms with Gasteiger partial charge in [0, 0.05) is 9.46 Å². The van der Waals surface area contributed by atoms with Gasteiger partial charge in [-0.3, -0.25) is 4.90 Å². The molecule has 1 aliphatic heterocycles. The molecular formula is C12H20INO4. The lowest BCUT2D eigenvalue weighted by Crippen LogP contribution is -2.47. The van der Waals surface area contributed by atoms with Gasteiger partial charge in [0.05, 0.1) is 0 Å². The van der Waals surface area contributed by atoms with E-state index in [1.54, 1.807) is 20.8 Å². The number of aliphatic carboxylic acids is 1. The van der Waals surface area contributed by atoms with Crippen molar-refractivity contribution in [1.29, 1.82) is 0 Å². The SMILES string of the molecule is C[C@@H]1N(C(=O)OC(C)(C)C)[C@H](C(=O)O)C[C@]1(C)I. The average molecular weight is 369 g/mol. The lowest BCUT2D eigenvalue weighted by molar-refractivity contribution is -0.142. The second-order valence-corrected chi connectivity index (χ2v) is 8.36. The Kier molecular flexibility index (Phi) is 4.19. The zero-order valence-corrected chi connectivity index (χ0v) is 13.5. The summed E-state index contributed by atoms with van der Waals surface area (Å²) in [7, 11) is 0. The van der Waals surface area contributed by atoms with Crippen LogP contribution in [0, 0.1) is 0 Å². The molecule has 0 aromatic carbocycles. The summed E-state index contributed by atoms with van der Waals surface area (Å²) >= 11 is 2.21. The van der Waals surface area contributed by atoms with Crippen molar-refractivity contribution in [2.24, 2.45) is 0 Å². The number of hydrogen-bond donors (Lipinski definition) is 1. The largest absolute Gasteiger partial charge is 0.480 e. The Balaban J connectivity index is 2.96. The summed E-state index contributed by atoms with van der Waals surface area (Å²) in [5.41, 5.74) is -0.621. The van der Waals surface area contributed by atoms with E-state index in [1.165, 1.54) is 4.90 Å². The summed E-state index contributed by atoms with van der Waals surface area (Å²) in [5, 5.41) is 9.23. The Labute approximate surface area is 121 Å². The van der Waals surface area contributed by atoms with Gasteiger partial charge in [-0.15, -0.1) is 0 Å². The molecular weight excluding hydrogens is 349 g/mol. The molecule has 0 aromatic heterocycles. The van der Waals surface area contributed by atoms with Crippen LogP contribution in [0.5, 0.6) is 0 Å². The molecule has 0 radical (unpaired) electrons. The molecule has 1 rings (SSSR count). The van der Waals surface area contributed by atoms with Crippen molar-refractivity contribution in [3.05, 3.63) is 0 Å². The highest BCUT2D eigenvalue weighted by Gasteiger charge is 2.51. The lowest BCUT2D eigenvalue weighted by Gasteiger charge is -2.31. The maximum absolute atomic E-state index is 12.1. The third kappa shape index (κ3) is 3.27. The number of carbonyl (C=O) groups is 2. The number of carboxylic acid groups (broad SMARTS) is 1. The highest BCUT2D eigenvalue weighted by molar-refractivity contribution is 14.1. The molecule has 18 heavy (non-hydrogen) atoms. The molecule has 0 aliphatic carbocycles. The number of amides is 1. The Morgan fingerprint density at radius 2 is 1.94 bits per heavy atom. The number of rotatable bonds is 1. The summed E-state index contributed by atoms with van der Waals surface area (Å²) in [4.78, 5) is 24.7. The molecule has 1 fully saturated rings. The number of hydrogen-bond acceptors (Lipinski definition) is 3. The first-order valence-corrected chi connectivity index (χ1v) is 6.96. The summed E-state index contributed by atoms with van der Waals surface area (Å²) in [5.74, 6) is -0.979. The number of ether oxygens (including phenoxy) is 1. The number of carbonyl (C=O) groups excluding carboxylic acids is 1. The van der Waals surface area contributed by atoms with Gasteiger partial charge in [0.2, 0.25) is 0 Å². The third-order valence-corrected chi connectivity index (χ3v) is 4.45. The minimum atomic E-state index is -0.979. The molecule has 1 saturated heterocycles. The minimum absolute atomic E-state index is 0.172. The fourth-order valence-corrected chi connectivity index (χ4v) is 2.73. The van der Waals surface area contributed by atoms with Crippen LogP contribution in [0.2, 0.25) is 0 Å². The smallest absolute Gasteiger partial charge is 0.411 e. The van der Waals surface area contributed by atoms with Crippen LogP contribution in [0.25, 0.3) is 0 Å². The molecule has 1 aliphatic rings. The van der Waals surface area contributed by atoms with E-state index in [0.29, 0.717) is 6.42 Å². The van der Waals surface area contributed by atoms with Crippen LogP contribution >= 0.6 is 22.6 Å². The van der Waals surface area contributed by atoms with E-state index in [4.69, 9.17) is 4.74 Å². The van der Waals surface area contributed by atoms with Gasteiger partial charge in [0.1, 0.15) is 11.6 Å². The zero-order valence-electron chi connectivity index (χ0n) is 11.4. The van der Waals surface area contributed by atoms with Gasteiger partial charge in [-0.2, -0.15) is 0 Å². The predicted octanol–water partition coefficient (Wildman–Crippen LogP) is 2.66. The maximum Gasteiger partial charge on any atom is 0.411 e. The van der Waals surface area contributed by atoms with Crippen LogP contribution in [-0.2, 0) is 9.53 Å². The number of nitrogens with zero attached hydrogens (tertiary/aromatic N) is 1. The van der Waals surface area contributed by atoms with Gasteiger partial charge in [0.15, 0.2) is 0 Å². The number of alkyl halides is 1. The van der Waals surface area contributed by atoms with Crippen molar-refractivity contribution in [2.45, 2.75) is 62.1 Å². The molecule has 0 aromatic rings. The van der Waals surface area contributed by atoms with Crippen LogP contribution < -0.4 is 0 Å². The Morgan fingerprint density at radius 1 is 1.44 bits per heavy atom. The topological polar surface area (TPSA) is 66.8 Å². The van der Waals surface area contributed by atoms with E-state index in [0.717, 1.165) is 0 Å². The minimum Gasteiger partial charge on any atom is -0.480 e. The molecule has 3 atom stereocenters. The van der Waals surface area contributed by atoms with Crippen LogP contribution in [-0.4, -0.2) is 43.2 Å². The monoisotopic (exact) mass is 369 g/mol. The Morgan fingerprint density at radius 3 is 2.33 bits per heavy atom. The van der Waals surface area contributed by atoms with Crippen molar-refractivity contribution in [3.63, 3.8) is 0 Å². The Hall–Kier alpha value is -0.530. The van der Waals surface area contributed by atoms with Crippen LogP contribution in [0.4, 0.5) is 4.79 Å². The predicted molar refractivity (Wildman–Crippen MR) is 76.0 cm³/mol. The fourth-order valence-electron chi connectivity index (χ4n) is 2.01. The van der Waals surface area contributed by atoms with Crippen molar-refractivity contribution >= 4 is 34.7 Å². The highest BCUT2D eigenvalue weighted by Crippen LogP contribution is 2.41. The number of likely N-dealkylation sites (tertiary alicyclic amines) is 1. The normalized spacial score (nSPS) is 32.4. The van der Waals surface area contributed by atoms with Crippen LogP contribution in [0.1, 0.15) is 41.0 Å². The van der Waals surface area contributed by atoms with E-state index in [2.05, 4.69) is 22.6 Å². The first-order valence-electron chi connectivity index (χ1n) is 5.89. The summed E-state index contributed by atoms with van der Waals surface area (Å²) in [6.07, 6.45) is -0.119. The lowest BCUT2D eigenvalue weighted by atomic mass is 10.0. The van der Waals surface area contributed by atoms with E-state index >= 15 is 0 Å². The third-order valence-electron chi connectivity index (χ3n) is 3.11. The number of halogens is 1. The van der Waals surface area contributed by atoms with E-state index in [-0.39, 0.29) is 9.46 Å². The van der Waals surface area contributed by atoms with E-state index < -0.39 is 23.7 Å². The summed E-state index contributed by atoms with van der Waals surface area (Å²) in [6, 6.07) is -0.981. The molecule has 0 bridgehead atoms. The molecule has 0 spiro atoms. The van der Waals surface area contributed by atoms with Crippen LogP contribution in [0.15, 0.2) is 0 Å². The number of carboxylic acids is 1. The first-order chi connectivity index (χ1) is 7.96.